The largest absolute Gasteiger partial charge is 0.493 e. The molecule has 4 rings (SSSR count). The Hall–Kier alpha value is -4.99. The Morgan fingerprint density at radius 3 is 2.07 bits per heavy atom. The van der Waals surface area contributed by atoms with Crippen LogP contribution in [0.5, 0.6) is 28.9 Å². The van der Waals surface area contributed by atoms with Crippen LogP contribution in [0.4, 0.5) is 0 Å². The smallest absolute Gasteiger partial charge is 0.357 e. The maximum Gasteiger partial charge on any atom is 0.357 e. The average Bonchev–Trinajstić information content (AvgIpc) is 3.01. The number of benzene rings is 3. The summed E-state index contributed by atoms with van der Waals surface area (Å²) < 4.78 is 39.3. The molecule has 1 aromatic heterocycles. The number of carbonyl (C=O) groups is 2. The number of hydrogen-bond acceptors (Lipinski definition) is 10. The summed E-state index contributed by atoms with van der Waals surface area (Å²) in [4.78, 5) is 30.2. The molecule has 0 radical (unpaired) electrons. The van der Waals surface area contributed by atoms with E-state index in [9.17, 15) is 9.59 Å². The second-order valence-electron chi connectivity index (χ2n) is 10.7. The Morgan fingerprint density at radius 2 is 1.48 bits per heavy atom. The van der Waals surface area contributed by atoms with Gasteiger partial charge in [0.15, 0.2) is 17.2 Å². The molecule has 0 atom stereocenters. The van der Waals surface area contributed by atoms with E-state index in [0.29, 0.717) is 51.5 Å². The molecule has 0 aliphatic heterocycles. The van der Waals surface area contributed by atoms with Gasteiger partial charge in [-0.1, -0.05) is 30.3 Å². The van der Waals surface area contributed by atoms with E-state index in [1.807, 2.05) is 36.4 Å². The molecule has 0 saturated heterocycles. The first-order chi connectivity index (χ1) is 21.1. The molecule has 0 aliphatic carbocycles. The van der Waals surface area contributed by atoms with Gasteiger partial charge in [0.25, 0.3) is 0 Å². The van der Waals surface area contributed by atoms with Crippen molar-refractivity contribution in [3.05, 3.63) is 71.9 Å². The van der Waals surface area contributed by atoms with E-state index in [1.165, 1.54) is 28.4 Å². The number of ether oxygens (including phenoxy) is 7. The molecule has 0 saturated carbocycles. The van der Waals surface area contributed by atoms with Crippen molar-refractivity contribution < 1.29 is 42.7 Å². The van der Waals surface area contributed by atoms with Crippen LogP contribution >= 0.6 is 0 Å². The van der Waals surface area contributed by atoms with Crippen molar-refractivity contribution in [1.29, 1.82) is 0 Å². The van der Waals surface area contributed by atoms with Crippen LogP contribution in [-0.4, -0.2) is 57.6 Å². The minimum atomic E-state index is -0.683. The van der Waals surface area contributed by atoms with Crippen molar-refractivity contribution in [3.63, 3.8) is 0 Å². The Bertz CT molecular complexity index is 1600. The minimum absolute atomic E-state index is 0.000468. The SMILES string of the molecule is COC(=O)c1nc(OCCC(=O)OC(C)(C)C)c2cc(OCc3ccccc3)ccc2c1-c1cc(OC)c(OC)c(OC)c1. The van der Waals surface area contributed by atoms with E-state index in [1.54, 1.807) is 45.0 Å². The summed E-state index contributed by atoms with van der Waals surface area (Å²) in [6.07, 6.45) is -0.0210. The van der Waals surface area contributed by atoms with Crippen molar-refractivity contribution in [2.24, 2.45) is 0 Å². The highest BCUT2D eigenvalue weighted by Gasteiger charge is 2.25. The molecule has 0 spiro atoms. The molecule has 0 unspecified atom stereocenters. The first-order valence-corrected chi connectivity index (χ1v) is 14.0. The monoisotopic (exact) mass is 603 g/mol. The van der Waals surface area contributed by atoms with Gasteiger partial charge in [0, 0.05) is 10.9 Å². The van der Waals surface area contributed by atoms with E-state index in [2.05, 4.69) is 4.98 Å². The van der Waals surface area contributed by atoms with Crippen LogP contribution in [0, 0.1) is 0 Å². The summed E-state index contributed by atoms with van der Waals surface area (Å²) in [6.45, 7) is 5.69. The summed E-state index contributed by atoms with van der Waals surface area (Å²) in [5.74, 6) is 0.770. The maximum absolute atomic E-state index is 13.2. The van der Waals surface area contributed by atoms with Crippen LogP contribution in [0.1, 0.15) is 43.2 Å². The number of aromatic nitrogens is 1. The molecule has 0 amide bonds. The molecule has 232 valence electrons. The molecule has 0 fully saturated rings. The maximum atomic E-state index is 13.2. The molecular formula is C34H37NO9. The second-order valence-corrected chi connectivity index (χ2v) is 10.7. The van der Waals surface area contributed by atoms with Gasteiger partial charge >= 0.3 is 11.9 Å². The number of esters is 2. The number of nitrogens with zero attached hydrogens (tertiary/aromatic N) is 1. The van der Waals surface area contributed by atoms with E-state index in [4.69, 9.17) is 33.2 Å². The third-order valence-corrected chi connectivity index (χ3v) is 6.49. The first-order valence-electron chi connectivity index (χ1n) is 14.0. The minimum Gasteiger partial charge on any atom is -0.493 e. The summed E-state index contributed by atoms with van der Waals surface area (Å²) in [5.41, 5.74) is 1.39. The average molecular weight is 604 g/mol. The van der Waals surface area contributed by atoms with Gasteiger partial charge in [-0.25, -0.2) is 9.78 Å². The van der Waals surface area contributed by atoms with E-state index >= 15 is 0 Å². The summed E-state index contributed by atoms with van der Waals surface area (Å²) in [7, 11) is 5.81. The van der Waals surface area contributed by atoms with Crippen molar-refractivity contribution in [2.45, 2.75) is 39.4 Å². The zero-order chi connectivity index (χ0) is 31.9. The molecule has 10 nitrogen and oxygen atoms in total. The summed E-state index contributed by atoms with van der Waals surface area (Å²) in [5, 5.41) is 1.17. The van der Waals surface area contributed by atoms with Crippen LogP contribution in [0.2, 0.25) is 0 Å². The van der Waals surface area contributed by atoms with Crippen molar-refractivity contribution in [3.8, 4) is 40.0 Å². The van der Waals surface area contributed by atoms with Crippen molar-refractivity contribution in [2.75, 3.05) is 35.0 Å². The molecule has 3 aromatic carbocycles. The fourth-order valence-corrected chi connectivity index (χ4v) is 4.59. The third-order valence-electron chi connectivity index (χ3n) is 6.49. The van der Waals surface area contributed by atoms with Gasteiger partial charge in [-0.3, -0.25) is 4.79 Å². The standard InChI is InChI=1S/C34H37NO9/c1-34(2,3)44-28(36)15-16-42-32-25-19-23(43-20-21-11-9-8-10-12-21)13-14-24(25)29(30(35-32)33(37)41-7)22-17-26(38-4)31(40-6)27(18-22)39-5/h8-14,17-19H,15-16,20H2,1-7H3. The molecular weight excluding hydrogens is 566 g/mol. The normalized spacial score (nSPS) is 11.1. The highest BCUT2D eigenvalue weighted by Crippen LogP contribution is 2.45. The predicted octanol–water partition coefficient (Wildman–Crippen LogP) is 6.40. The van der Waals surface area contributed by atoms with Gasteiger partial charge in [0.2, 0.25) is 11.6 Å². The zero-order valence-electron chi connectivity index (χ0n) is 26.0. The third kappa shape index (κ3) is 7.50. The Balaban J connectivity index is 1.87. The zero-order valence-corrected chi connectivity index (χ0v) is 26.0. The highest BCUT2D eigenvalue weighted by atomic mass is 16.6. The number of fused-ring (bicyclic) bond motifs is 1. The van der Waals surface area contributed by atoms with E-state index in [-0.39, 0.29) is 24.6 Å². The number of pyridine rings is 1. The van der Waals surface area contributed by atoms with Gasteiger partial charge in [-0.05, 0) is 67.6 Å². The molecule has 0 N–H and O–H groups in total. The summed E-state index contributed by atoms with van der Waals surface area (Å²) >= 11 is 0. The van der Waals surface area contributed by atoms with Gasteiger partial charge in [0.1, 0.15) is 24.6 Å². The summed E-state index contributed by atoms with van der Waals surface area (Å²) in [6, 6.07) is 18.6. The van der Waals surface area contributed by atoms with Gasteiger partial charge < -0.3 is 33.2 Å². The first kappa shape index (κ1) is 31.9. The van der Waals surface area contributed by atoms with Crippen LogP contribution in [-0.2, 0) is 20.9 Å². The van der Waals surface area contributed by atoms with E-state index < -0.39 is 17.5 Å². The molecule has 4 aromatic rings. The lowest BCUT2D eigenvalue weighted by Crippen LogP contribution is -2.24. The molecule has 1 heterocycles. The van der Waals surface area contributed by atoms with Crippen LogP contribution in [0.3, 0.4) is 0 Å². The lowest BCUT2D eigenvalue weighted by atomic mass is 9.96. The Labute approximate surface area is 256 Å². The lowest BCUT2D eigenvalue weighted by molar-refractivity contribution is -0.155. The number of carbonyl (C=O) groups excluding carboxylic acids is 2. The predicted molar refractivity (Wildman–Crippen MR) is 165 cm³/mol. The highest BCUT2D eigenvalue weighted by molar-refractivity contribution is 6.09. The fraction of sp³-hybridized carbons (Fsp3) is 0.324. The topological polar surface area (TPSA) is 112 Å². The molecule has 0 aliphatic rings. The van der Waals surface area contributed by atoms with Crippen molar-refractivity contribution in [1.82, 2.24) is 4.98 Å². The lowest BCUT2D eigenvalue weighted by Gasteiger charge is -2.20. The quantitative estimate of drug-likeness (QED) is 0.169. The van der Waals surface area contributed by atoms with Gasteiger partial charge in [-0.2, -0.15) is 0 Å². The van der Waals surface area contributed by atoms with Crippen LogP contribution < -0.4 is 23.7 Å². The Morgan fingerprint density at radius 1 is 0.795 bits per heavy atom. The number of hydrogen-bond donors (Lipinski definition) is 0. The van der Waals surface area contributed by atoms with Gasteiger partial charge in [0.05, 0.1) is 34.9 Å². The van der Waals surface area contributed by atoms with Crippen LogP contribution in [0.25, 0.3) is 21.9 Å². The van der Waals surface area contributed by atoms with Crippen LogP contribution in [0.15, 0.2) is 60.7 Å². The number of rotatable bonds is 12. The number of methoxy groups -OCH3 is 4. The van der Waals surface area contributed by atoms with Gasteiger partial charge in [-0.15, -0.1) is 0 Å². The molecule has 44 heavy (non-hydrogen) atoms. The second kappa shape index (κ2) is 14.0. The van der Waals surface area contributed by atoms with Crippen molar-refractivity contribution >= 4 is 22.7 Å². The fourth-order valence-electron chi connectivity index (χ4n) is 4.59. The molecule has 0 bridgehead atoms. The van der Waals surface area contributed by atoms with E-state index in [0.717, 1.165) is 5.56 Å². The Kier molecular flexibility index (Phi) is 10.2. The molecule has 10 heteroatoms.